The molecule has 0 unspecified atom stereocenters. The summed E-state index contributed by atoms with van der Waals surface area (Å²) in [7, 11) is 3.45. The van der Waals surface area contributed by atoms with Crippen molar-refractivity contribution in [1.29, 1.82) is 0 Å². The van der Waals surface area contributed by atoms with Gasteiger partial charge in [-0.1, -0.05) is 36.0 Å². The molecule has 1 N–H and O–H groups in total. The molecule has 0 fully saturated rings. The zero-order valence-corrected chi connectivity index (χ0v) is 19.8. The topological polar surface area (TPSA) is 91.0 Å². The van der Waals surface area contributed by atoms with E-state index in [4.69, 9.17) is 4.74 Å². The fourth-order valence-electron chi connectivity index (χ4n) is 3.57. The van der Waals surface area contributed by atoms with Crippen molar-refractivity contribution in [3.63, 3.8) is 0 Å². The average molecular weight is 464 g/mol. The highest BCUT2D eigenvalue weighted by Gasteiger charge is 2.16. The second-order valence-electron chi connectivity index (χ2n) is 7.66. The van der Waals surface area contributed by atoms with E-state index in [0.29, 0.717) is 28.3 Å². The third kappa shape index (κ3) is 4.78. The maximum absolute atomic E-state index is 13.3. The number of methoxy groups -OCH3 is 1. The molecule has 2 heterocycles. The lowest BCUT2D eigenvalue weighted by Crippen LogP contribution is -2.25. The van der Waals surface area contributed by atoms with Gasteiger partial charge in [0.25, 0.3) is 5.56 Å². The Morgan fingerprint density at radius 2 is 1.85 bits per heavy atom. The van der Waals surface area contributed by atoms with Crippen molar-refractivity contribution in [2.75, 3.05) is 18.2 Å². The van der Waals surface area contributed by atoms with E-state index >= 15 is 0 Å². The minimum atomic E-state index is -0.183. The number of benzene rings is 2. The van der Waals surface area contributed by atoms with Crippen molar-refractivity contribution in [3.8, 4) is 5.75 Å². The third-order valence-corrected chi connectivity index (χ3v) is 6.41. The number of hydrogen-bond donors (Lipinski definition) is 1. The number of fused-ring (bicyclic) bond motifs is 1. The number of nitrogens with one attached hydrogen (secondary N) is 1. The second-order valence-corrected chi connectivity index (χ2v) is 8.60. The van der Waals surface area contributed by atoms with Crippen LogP contribution in [0.5, 0.6) is 5.75 Å². The molecular formula is C24H25N5O3S. The number of thioether (sulfide) groups is 1. The van der Waals surface area contributed by atoms with Crippen molar-refractivity contribution in [1.82, 2.24) is 19.3 Å². The first-order valence-electron chi connectivity index (χ1n) is 10.4. The number of anilines is 1. The number of para-hydroxylation sites is 1. The SMILES string of the molecule is COc1ccc(Cn2c(SCC(=O)Nc3c(C)nn(C)c3C)nc3ccccc3c2=O)cc1. The van der Waals surface area contributed by atoms with Crippen molar-refractivity contribution >= 4 is 34.3 Å². The van der Waals surface area contributed by atoms with E-state index in [0.717, 1.165) is 22.7 Å². The molecule has 1 amide bonds. The van der Waals surface area contributed by atoms with Gasteiger partial charge in [-0.2, -0.15) is 5.10 Å². The number of aromatic nitrogens is 4. The Morgan fingerprint density at radius 1 is 1.12 bits per heavy atom. The number of amides is 1. The summed E-state index contributed by atoms with van der Waals surface area (Å²) in [5, 5.41) is 8.29. The highest BCUT2D eigenvalue weighted by atomic mass is 32.2. The molecule has 0 aliphatic rings. The predicted octanol–water partition coefficient (Wildman–Crippen LogP) is 3.53. The first-order valence-corrected chi connectivity index (χ1v) is 11.4. The quantitative estimate of drug-likeness (QED) is 0.333. The third-order valence-electron chi connectivity index (χ3n) is 5.43. The summed E-state index contributed by atoms with van der Waals surface area (Å²) in [4.78, 5) is 30.7. The zero-order valence-electron chi connectivity index (χ0n) is 19.0. The molecule has 2 aromatic carbocycles. The van der Waals surface area contributed by atoms with Crippen LogP contribution in [-0.2, 0) is 18.4 Å². The molecule has 0 bridgehead atoms. The van der Waals surface area contributed by atoms with Gasteiger partial charge in [-0.25, -0.2) is 4.98 Å². The number of carbonyl (C=O) groups is 1. The van der Waals surface area contributed by atoms with E-state index in [-0.39, 0.29) is 17.2 Å². The number of ether oxygens (including phenoxy) is 1. The van der Waals surface area contributed by atoms with Crippen LogP contribution in [0.3, 0.4) is 0 Å². The number of hydrogen-bond acceptors (Lipinski definition) is 6. The molecule has 9 heteroatoms. The van der Waals surface area contributed by atoms with Gasteiger partial charge in [-0.05, 0) is 43.7 Å². The highest BCUT2D eigenvalue weighted by molar-refractivity contribution is 7.99. The summed E-state index contributed by atoms with van der Waals surface area (Å²) in [5.74, 6) is 0.675. The van der Waals surface area contributed by atoms with Crippen LogP contribution in [-0.4, -0.2) is 38.1 Å². The molecule has 0 atom stereocenters. The lowest BCUT2D eigenvalue weighted by Gasteiger charge is -2.14. The Labute approximate surface area is 195 Å². The maximum atomic E-state index is 13.3. The normalized spacial score (nSPS) is 11.0. The van der Waals surface area contributed by atoms with Crippen LogP contribution in [0.2, 0.25) is 0 Å². The fourth-order valence-corrected chi connectivity index (χ4v) is 4.37. The number of nitrogens with zero attached hydrogens (tertiary/aromatic N) is 4. The Kier molecular flexibility index (Phi) is 6.50. The first-order chi connectivity index (χ1) is 15.9. The Bertz CT molecular complexity index is 1380. The largest absolute Gasteiger partial charge is 0.497 e. The Hall–Kier alpha value is -3.59. The summed E-state index contributed by atoms with van der Waals surface area (Å²) >= 11 is 1.24. The van der Waals surface area contributed by atoms with Gasteiger partial charge in [0.05, 0.1) is 47.4 Å². The lowest BCUT2D eigenvalue weighted by molar-refractivity contribution is -0.113. The molecule has 33 heavy (non-hydrogen) atoms. The van der Waals surface area contributed by atoms with Crippen LogP contribution in [0.25, 0.3) is 10.9 Å². The number of aryl methyl sites for hydroxylation is 2. The van der Waals surface area contributed by atoms with Gasteiger partial charge in [0, 0.05) is 7.05 Å². The summed E-state index contributed by atoms with van der Waals surface area (Å²) in [6.45, 7) is 4.10. The minimum absolute atomic E-state index is 0.112. The second kappa shape index (κ2) is 9.50. The van der Waals surface area contributed by atoms with Crippen molar-refractivity contribution in [2.24, 2.45) is 7.05 Å². The smallest absolute Gasteiger partial charge is 0.262 e. The summed E-state index contributed by atoms with van der Waals surface area (Å²) in [6, 6.07) is 14.8. The van der Waals surface area contributed by atoms with Gasteiger partial charge in [0.15, 0.2) is 5.16 Å². The lowest BCUT2D eigenvalue weighted by atomic mass is 10.2. The molecule has 0 spiro atoms. The van der Waals surface area contributed by atoms with E-state index < -0.39 is 0 Å². The Balaban J connectivity index is 1.61. The minimum Gasteiger partial charge on any atom is -0.497 e. The Morgan fingerprint density at radius 3 is 2.52 bits per heavy atom. The first kappa shape index (κ1) is 22.6. The molecule has 0 aliphatic heterocycles. The maximum Gasteiger partial charge on any atom is 0.262 e. The standard InChI is InChI=1S/C24H25N5O3S/c1-15-22(16(2)28(3)27-15)26-21(30)14-33-24-25-20-8-6-5-7-19(20)23(31)29(24)13-17-9-11-18(32-4)12-10-17/h5-12H,13-14H2,1-4H3,(H,26,30). The van der Waals surface area contributed by atoms with E-state index in [1.165, 1.54) is 11.8 Å². The molecule has 4 aromatic rings. The predicted molar refractivity (Wildman–Crippen MR) is 130 cm³/mol. The molecule has 0 saturated heterocycles. The summed E-state index contributed by atoms with van der Waals surface area (Å²) in [6.07, 6.45) is 0. The van der Waals surface area contributed by atoms with Crippen LogP contribution in [0.1, 0.15) is 17.0 Å². The molecule has 2 aromatic heterocycles. The highest BCUT2D eigenvalue weighted by Crippen LogP contribution is 2.22. The number of rotatable bonds is 7. The fraction of sp³-hybridized carbons (Fsp3) is 0.250. The van der Waals surface area contributed by atoms with Crippen LogP contribution >= 0.6 is 11.8 Å². The molecule has 4 rings (SSSR count). The molecule has 0 saturated carbocycles. The molecule has 8 nitrogen and oxygen atoms in total. The van der Waals surface area contributed by atoms with Gasteiger partial charge in [0.1, 0.15) is 5.75 Å². The zero-order chi connectivity index (χ0) is 23.5. The van der Waals surface area contributed by atoms with Crippen LogP contribution in [0.15, 0.2) is 58.5 Å². The van der Waals surface area contributed by atoms with Gasteiger partial charge in [-0.3, -0.25) is 18.8 Å². The van der Waals surface area contributed by atoms with E-state index in [9.17, 15) is 9.59 Å². The van der Waals surface area contributed by atoms with Crippen molar-refractivity contribution in [2.45, 2.75) is 25.5 Å². The van der Waals surface area contributed by atoms with Gasteiger partial charge >= 0.3 is 0 Å². The monoisotopic (exact) mass is 463 g/mol. The molecular weight excluding hydrogens is 438 g/mol. The van der Waals surface area contributed by atoms with E-state index in [1.807, 2.05) is 57.3 Å². The van der Waals surface area contributed by atoms with Crippen molar-refractivity contribution < 1.29 is 9.53 Å². The molecule has 0 radical (unpaired) electrons. The van der Waals surface area contributed by atoms with E-state index in [2.05, 4.69) is 15.4 Å². The molecule has 0 aliphatic carbocycles. The summed E-state index contributed by atoms with van der Waals surface area (Å²) in [5.41, 5.74) is 3.75. The van der Waals surface area contributed by atoms with Gasteiger partial charge in [0.2, 0.25) is 5.91 Å². The van der Waals surface area contributed by atoms with Crippen LogP contribution in [0, 0.1) is 13.8 Å². The van der Waals surface area contributed by atoms with Crippen LogP contribution in [0.4, 0.5) is 5.69 Å². The number of carbonyl (C=O) groups excluding carboxylic acids is 1. The van der Waals surface area contributed by atoms with Crippen LogP contribution < -0.4 is 15.6 Å². The van der Waals surface area contributed by atoms with Gasteiger partial charge < -0.3 is 10.1 Å². The van der Waals surface area contributed by atoms with Crippen molar-refractivity contribution in [3.05, 3.63) is 75.8 Å². The molecule has 170 valence electrons. The summed E-state index contributed by atoms with van der Waals surface area (Å²) < 4.78 is 8.57. The average Bonchev–Trinajstić information content (AvgIpc) is 3.06. The van der Waals surface area contributed by atoms with E-state index in [1.54, 1.807) is 28.5 Å². The van der Waals surface area contributed by atoms with Gasteiger partial charge in [-0.15, -0.1) is 0 Å².